The molecule has 2 heterocycles. The van der Waals surface area contributed by atoms with Crippen molar-refractivity contribution < 1.29 is 14.7 Å². The summed E-state index contributed by atoms with van der Waals surface area (Å²) in [5, 5.41) is 9.33. The van der Waals surface area contributed by atoms with Crippen LogP contribution >= 0.6 is 0 Å². The Labute approximate surface area is 136 Å². The molecule has 0 bridgehead atoms. The van der Waals surface area contributed by atoms with Gasteiger partial charge in [-0.1, -0.05) is 25.1 Å². The summed E-state index contributed by atoms with van der Waals surface area (Å²) < 4.78 is 0. The van der Waals surface area contributed by atoms with E-state index in [-0.39, 0.29) is 11.9 Å². The maximum absolute atomic E-state index is 12.5. The number of nitrogens with zero attached hydrogens (tertiary/aromatic N) is 2. The molecule has 2 amide bonds. The van der Waals surface area contributed by atoms with Crippen LogP contribution in [0.2, 0.25) is 0 Å². The van der Waals surface area contributed by atoms with E-state index >= 15 is 0 Å². The van der Waals surface area contributed by atoms with Gasteiger partial charge in [-0.05, 0) is 42.7 Å². The first kappa shape index (κ1) is 15.8. The second-order valence-electron chi connectivity index (χ2n) is 6.78. The number of likely N-dealkylation sites (tertiary alicyclic amines) is 2. The molecule has 2 aliphatic rings. The zero-order valence-corrected chi connectivity index (χ0v) is 13.6. The van der Waals surface area contributed by atoms with Crippen LogP contribution in [-0.2, 0) is 0 Å². The summed E-state index contributed by atoms with van der Waals surface area (Å²) in [6.07, 6.45) is 2.76. The molecule has 1 aromatic rings. The van der Waals surface area contributed by atoms with Crippen LogP contribution in [0.15, 0.2) is 24.3 Å². The van der Waals surface area contributed by atoms with E-state index < -0.39 is 5.97 Å². The van der Waals surface area contributed by atoms with E-state index in [9.17, 15) is 14.7 Å². The van der Waals surface area contributed by atoms with Gasteiger partial charge in [-0.25, -0.2) is 9.59 Å². The van der Waals surface area contributed by atoms with Crippen molar-refractivity contribution in [2.75, 3.05) is 26.2 Å². The number of hydrogen-bond donors (Lipinski definition) is 1. The summed E-state index contributed by atoms with van der Waals surface area (Å²) in [7, 11) is 0. The lowest BCUT2D eigenvalue weighted by Gasteiger charge is -2.35. The van der Waals surface area contributed by atoms with Crippen molar-refractivity contribution in [1.82, 2.24) is 9.80 Å². The van der Waals surface area contributed by atoms with Crippen LogP contribution in [0.5, 0.6) is 0 Å². The SMILES string of the molecule is CC1CCN(C(=O)N2CCC(c3ccccc3C(=O)O)CC2)C1. The number of carbonyl (C=O) groups is 2. The third-order valence-corrected chi connectivity index (χ3v) is 5.09. The number of carboxylic acids is 1. The van der Waals surface area contributed by atoms with Gasteiger partial charge >= 0.3 is 12.0 Å². The Hall–Kier alpha value is -2.04. The van der Waals surface area contributed by atoms with Crippen molar-refractivity contribution in [3.8, 4) is 0 Å². The number of urea groups is 1. The first-order chi connectivity index (χ1) is 11.1. The molecule has 0 saturated carbocycles. The summed E-state index contributed by atoms with van der Waals surface area (Å²) in [6.45, 7) is 5.33. The zero-order valence-electron chi connectivity index (χ0n) is 13.6. The van der Waals surface area contributed by atoms with Gasteiger partial charge in [-0.15, -0.1) is 0 Å². The lowest BCUT2D eigenvalue weighted by Crippen LogP contribution is -2.45. The van der Waals surface area contributed by atoms with E-state index in [1.165, 1.54) is 0 Å². The van der Waals surface area contributed by atoms with Gasteiger partial charge in [0.1, 0.15) is 0 Å². The van der Waals surface area contributed by atoms with Gasteiger partial charge < -0.3 is 14.9 Å². The first-order valence-corrected chi connectivity index (χ1v) is 8.42. The molecule has 5 nitrogen and oxygen atoms in total. The number of aromatic carboxylic acids is 1. The standard InChI is InChI=1S/C18H24N2O3/c1-13-6-9-20(12-13)18(23)19-10-7-14(8-11-19)15-4-2-3-5-16(15)17(21)22/h2-5,13-14H,6-12H2,1H3,(H,21,22). The molecule has 1 atom stereocenters. The fraction of sp³-hybridized carbons (Fsp3) is 0.556. The Kier molecular flexibility index (Phi) is 4.55. The molecule has 23 heavy (non-hydrogen) atoms. The molecule has 2 fully saturated rings. The Morgan fingerprint density at radius 3 is 2.30 bits per heavy atom. The fourth-order valence-electron chi connectivity index (χ4n) is 3.74. The number of amides is 2. The van der Waals surface area contributed by atoms with Crippen molar-refractivity contribution >= 4 is 12.0 Å². The predicted molar refractivity (Wildman–Crippen MR) is 87.7 cm³/mol. The maximum Gasteiger partial charge on any atom is 0.335 e. The van der Waals surface area contributed by atoms with Gasteiger partial charge in [0.2, 0.25) is 0 Å². The van der Waals surface area contributed by atoms with Crippen molar-refractivity contribution in [2.24, 2.45) is 5.92 Å². The Balaban J connectivity index is 1.63. The summed E-state index contributed by atoms with van der Waals surface area (Å²) >= 11 is 0. The van der Waals surface area contributed by atoms with Gasteiger partial charge in [0.05, 0.1) is 5.56 Å². The molecule has 0 aromatic heterocycles. The maximum atomic E-state index is 12.5. The fourth-order valence-corrected chi connectivity index (χ4v) is 3.74. The summed E-state index contributed by atoms with van der Waals surface area (Å²) in [5.41, 5.74) is 1.30. The number of rotatable bonds is 2. The third kappa shape index (κ3) is 3.33. The zero-order chi connectivity index (χ0) is 16.4. The van der Waals surface area contributed by atoms with Crippen molar-refractivity contribution in [3.05, 3.63) is 35.4 Å². The summed E-state index contributed by atoms with van der Waals surface area (Å²) in [6, 6.07) is 7.39. The molecule has 124 valence electrons. The number of carboxylic acid groups (broad SMARTS) is 1. The lowest BCUT2D eigenvalue weighted by molar-refractivity contribution is 0.0694. The molecule has 1 N–H and O–H groups in total. The molecular formula is C18H24N2O3. The molecule has 0 aliphatic carbocycles. The monoisotopic (exact) mass is 316 g/mol. The van der Waals surface area contributed by atoms with Crippen LogP contribution in [0.1, 0.15) is 48.0 Å². The summed E-state index contributed by atoms with van der Waals surface area (Å²) in [4.78, 5) is 27.8. The van der Waals surface area contributed by atoms with Gasteiger partial charge in [-0.3, -0.25) is 0 Å². The molecule has 1 aromatic carbocycles. The van der Waals surface area contributed by atoms with E-state index in [0.29, 0.717) is 24.6 Å². The lowest BCUT2D eigenvalue weighted by atomic mass is 9.86. The second-order valence-corrected chi connectivity index (χ2v) is 6.78. The average Bonchev–Trinajstić information content (AvgIpc) is 3.01. The van der Waals surface area contributed by atoms with E-state index in [0.717, 1.165) is 37.9 Å². The highest BCUT2D eigenvalue weighted by molar-refractivity contribution is 5.89. The van der Waals surface area contributed by atoms with E-state index in [4.69, 9.17) is 0 Å². The quantitative estimate of drug-likeness (QED) is 0.912. The topological polar surface area (TPSA) is 60.9 Å². The summed E-state index contributed by atoms with van der Waals surface area (Å²) in [5.74, 6) is -0.0482. The first-order valence-electron chi connectivity index (χ1n) is 8.42. The molecular weight excluding hydrogens is 292 g/mol. The molecule has 0 radical (unpaired) electrons. The number of benzene rings is 1. The molecule has 1 unspecified atom stereocenters. The number of carbonyl (C=O) groups excluding carboxylic acids is 1. The highest BCUT2D eigenvalue weighted by atomic mass is 16.4. The highest BCUT2D eigenvalue weighted by Crippen LogP contribution is 2.31. The van der Waals surface area contributed by atoms with Crippen LogP contribution in [0.3, 0.4) is 0 Å². The average molecular weight is 316 g/mol. The molecule has 2 aliphatic heterocycles. The minimum Gasteiger partial charge on any atom is -0.478 e. The normalized spacial score (nSPS) is 22.4. The van der Waals surface area contributed by atoms with Crippen LogP contribution in [-0.4, -0.2) is 53.1 Å². The molecule has 3 rings (SSSR count). The van der Waals surface area contributed by atoms with E-state index in [1.54, 1.807) is 12.1 Å². The second kappa shape index (κ2) is 6.60. The smallest absolute Gasteiger partial charge is 0.335 e. The molecule has 2 saturated heterocycles. The molecule has 5 heteroatoms. The Morgan fingerprint density at radius 1 is 1.04 bits per heavy atom. The third-order valence-electron chi connectivity index (χ3n) is 5.09. The van der Waals surface area contributed by atoms with Gasteiger partial charge in [-0.2, -0.15) is 0 Å². The van der Waals surface area contributed by atoms with Crippen molar-refractivity contribution in [3.63, 3.8) is 0 Å². The number of hydrogen-bond acceptors (Lipinski definition) is 2. The highest BCUT2D eigenvalue weighted by Gasteiger charge is 2.31. The van der Waals surface area contributed by atoms with Crippen molar-refractivity contribution in [2.45, 2.75) is 32.1 Å². The van der Waals surface area contributed by atoms with Gasteiger partial charge in [0, 0.05) is 26.2 Å². The Morgan fingerprint density at radius 2 is 1.70 bits per heavy atom. The van der Waals surface area contributed by atoms with Gasteiger partial charge in [0.25, 0.3) is 0 Å². The molecule has 0 spiro atoms. The number of piperidine rings is 1. The van der Waals surface area contributed by atoms with Gasteiger partial charge in [0.15, 0.2) is 0 Å². The minimum absolute atomic E-state index is 0.152. The minimum atomic E-state index is -0.870. The Bertz CT molecular complexity index is 594. The van der Waals surface area contributed by atoms with Crippen LogP contribution in [0, 0.1) is 5.92 Å². The van der Waals surface area contributed by atoms with Crippen LogP contribution in [0.4, 0.5) is 4.79 Å². The predicted octanol–water partition coefficient (Wildman–Crippen LogP) is 3.03. The van der Waals surface area contributed by atoms with Crippen LogP contribution in [0.25, 0.3) is 0 Å². The van der Waals surface area contributed by atoms with Crippen LogP contribution < -0.4 is 0 Å². The largest absolute Gasteiger partial charge is 0.478 e. The van der Waals surface area contributed by atoms with E-state index in [2.05, 4.69) is 6.92 Å². The van der Waals surface area contributed by atoms with Crippen molar-refractivity contribution in [1.29, 1.82) is 0 Å². The van der Waals surface area contributed by atoms with E-state index in [1.807, 2.05) is 21.9 Å².